The monoisotopic (exact) mass is 870 g/mol. The molecule has 9 aromatic carbocycles. The molecule has 0 aliphatic heterocycles. The van der Waals surface area contributed by atoms with Gasteiger partial charge in [-0.1, -0.05) is 194 Å². The van der Waals surface area contributed by atoms with Crippen LogP contribution in [0.3, 0.4) is 0 Å². The molecule has 0 saturated carbocycles. The fourth-order valence-electron chi connectivity index (χ4n) is 9.40. The maximum atomic E-state index is 5.30. The summed E-state index contributed by atoms with van der Waals surface area (Å²) in [6.07, 6.45) is 0. The molecule has 8 heteroatoms. The zero-order valence-corrected chi connectivity index (χ0v) is 36.5. The first-order valence-electron chi connectivity index (χ1n) is 22.6. The van der Waals surface area contributed by atoms with Gasteiger partial charge in [0.2, 0.25) is 5.95 Å². The number of benzene rings is 9. The second-order valence-corrected chi connectivity index (χ2v) is 16.8. The Hall–Kier alpha value is -9.40. The molecule has 0 bridgehead atoms. The van der Waals surface area contributed by atoms with Crippen LogP contribution in [0.15, 0.2) is 231 Å². The highest BCUT2D eigenvalue weighted by Gasteiger charge is 2.22. The quantitative estimate of drug-likeness (QED) is 0.151. The molecule has 4 aromatic heterocycles. The maximum absolute atomic E-state index is 5.30. The molecule has 0 N–H and O–H groups in total. The van der Waals surface area contributed by atoms with Crippen LogP contribution in [0.1, 0.15) is 0 Å². The molecule has 8 nitrogen and oxygen atoms in total. The van der Waals surface area contributed by atoms with Crippen molar-refractivity contribution < 1.29 is 0 Å². The van der Waals surface area contributed by atoms with Crippen molar-refractivity contribution in [3.05, 3.63) is 231 Å². The van der Waals surface area contributed by atoms with Gasteiger partial charge < -0.3 is 4.57 Å². The van der Waals surface area contributed by atoms with E-state index in [0.717, 1.165) is 88.2 Å². The van der Waals surface area contributed by atoms with Crippen LogP contribution >= 0.6 is 0 Å². The topological polar surface area (TPSA) is 87.2 Å². The fraction of sp³-hybridized carbons (Fsp3) is 0. The highest BCUT2D eigenvalue weighted by Crippen LogP contribution is 2.40. The number of hydrogen-bond donors (Lipinski definition) is 0. The van der Waals surface area contributed by atoms with E-state index >= 15 is 0 Å². The van der Waals surface area contributed by atoms with Crippen LogP contribution in [0.4, 0.5) is 0 Å². The SMILES string of the molecule is c1ccc(-c2ccc(-c3nc(-c4ccccc4)nc(-n4c5ccccc5c5cc6c7ccccc7n(-c7cccc(-c8nc(-c9ccccc9)nc(-c9ccccc9)n8)c7)c6cc54)n3)cc2)cc1. The van der Waals surface area contributed by atoms with Crippen LogP contribution in [0.25, 0.3) is 123 Å². The lowest BCUT2D eigenvalue weighted by atomic mass is 10.0. The minimum atomic E-state index is 0.537. The summed E-state index contributed by atoms with van der Waals surface area (Å²) in [5.41, 5.74) is 11.9. The Labute approximate surface area is 391 Å². The van der Waals surface area contributed by atoms with E-state index in [0.29, 0.717) is 35.1 Å². The standard InChI is InChI=1S/C60H38N8/c1-5-18-39(19-6-1)40-32-34-44(35-33-40)58-64-57(43-24-11-4-12-25-43)65-60(66-58)68-52-31-16-14-29-48(52)50-37-49-47-28-13-15-30-51(47)67(53(49)38-54(50)68)46-27-17-26-45(36-46)59-62-55(41-20-7-2-8-21-41)61-56(63-59)42-22-9-3-10-23-42/h1-38H. The van der Waals surface area contributed by atoms with Crippen molar-refractivity contribution in [2.45, 2.75) is 0 Å². The lowest BCUT2D eigenvalue weighted by Gasteiger charge is -2.13. The zero-order chi connectivity index (χ0) is 45.0. The molecule has 0 amide bonds. The molecular formula is C60H38N8. The Balaban J connectivity index is 1.02. The highest BCUT2D eigenvalue weighted by atomic mass is 15.2. The molecular weight excluding hydrogens is 833 g/mol. The first-order valence-corrected chi connectivity index (χ1v) is 22.6. The number of aromatic nitrogens is 8. The van der Waals surface area contributed by atoms with E-state index in [4.69, 9.17) is 29.9 Å². The third kappa shape index (κ3) is 6.78. The maximum Gasteiger partial charge on any atom is 0.238 e. The molecule has 0 spiro atoms. The van der Waals surface area contributed by atoms with Crippen LogP contribution in [-0.2, 0) is 0 Å². The molecule has 318 valence electrons. The fourth-order valence-corrected chi connectivity index (χ4v) is 9.40. The Morgan fingerprint density at radius 1 is 0.221 bits per heavy atom. The van der Waals surface area contributed by atoms with Crippen molar-refractivity contribution in [1.82, 2.24) is 39.0 Å². The number of nitrogens with zero attached hydrogens (tertiary/aromatic N) is 8. The van der Waals surface area contributed by atoms with Gasteiger partial charge in [-0.3, -0.25) is 4.57 Å². The van der Waals surface area contributed by atoms with E-state index in [1.54, 1.807) is 0 Å². The molecule has 13 aromatic rings. The second-order valence-electron chi connectivity index (χ2n) is 16.8. The number of fused-ring (bicyclic) bond motifs is 6. The largest absolute Gasteiger partial charge is 0.309 e. The third-order valence-electron chi connectivity index (χ3n) is 12.6. The Morgan fingerprint density at radius 2 is 0.588 bits per heavy atom. The number of rotatable bonds is 8. The summed E-state index contributed by atoms with van der Waals surface area (Å²) in [7, 11) is 0. The zero-order valence-electron chi connectivity index (χ0n) is 36.5. The Morgan fingerprint density at radius 3 is 1.12 bits per heavy atom. The van der Waals surface area contributed by atoms with Gasteiger partial charge in [-0.05, 0) is 47.5 Å². The summed E-state index contributed by atoms with van der Waals surface area (Å²) in [6, 6.07) is 79.4. The van der Waals surface area contributed by atoms with Crippen LogP contribution in [0, 0.1) is 0 Å². The van der Waals surface area contributed by atoms with Crippen LogP contribution in [-0.4, -0.2) is 39.0 Å². The van der Waals surface area contributed by atoms with Gasteiger partial charge in [-0.15, -0.1) is 0 Å². The van der Waals surface area contributed by atoms with Crippen molar-refractivity contribution in [2.75, 3.05) is 0 Å². The van der Waals surface area contributed by atoms with Crippen molar-refractivity contribution in [2.24, 2.45) is 0 Å². The average molecular weight is 871 g/mol. The molecule has 0 fully saturated rings. The molecule has 4 heterocycles. The first kappa shape index (κ1) is 39.0. The van der Waals surface area contributed by atoms with Crippen molar-refractivity contribution >= 4 is 43.6 Å². The normalized spacial score (nSPS) is 11.5. The molecule has 0 radical (unpaired) electrons. The Bertz CT molecular complexity index is 3940. The van der Waals surface area contributed by atoms with Gasteiger partial charge in [0.15, 0.2) is 29.1 Å². The van der Waals surface area contributed by atoms with Crippen LogP contribution < -0.4 is 0 Å². The van der Waals surface area contributed by atoms with Gasteiger partial charge in [0.05, 0.1) is 22.1 Å². The summed E-state index contributed by atoms with van der Waals surface area (Å²) in [6.45, 7) is 0. The smallest absolute Gasteiger partial charge is 0.238 e. The first-order chi connectivity index (χ1) is 33.7. The molecule has 0 aliphatic rings. The average Bonchev–Trinajstić information content (AvgIpc) is 3.93. The minimum absolute atomic E-state index is 0.537. The van der Waals surface area contributed by atoms with E-state index < -0.39 is 0 Å². The van der Waals surface area contributed by atoms with E-state index in [9.17, 15) is 0 Å². The Kier molecular flexibility index (Phi) is 9.31. The lowest BCUT2D eigenvalue weighted by Crippen LogP contribution is -2.06. The molecule has 0 saturated heterocycles. The lowest BCUT2D eigenvalue weighted by molar-refractivity contribution is 0.953. The molecule has 0 atom stereocenters. The third-order valence-corrected chi connectivity index (χ3v) is 12.6. The van der Waals surface area contributed by atoms with Gasteiger partial charge in [0.25, 0.3) is 0 Å². The minimum Gasteiger partial charge on any atom is -0.309 e. The van der Waals surface area contributed by atoms with Crippen molar-refractivity contribution in [3.63, 3.8) is 0 Å². The summed E-state index contributed by atoms with van der Waals surface area (Å²) in [5.74, 6) is 3.56. The van der Waals surface area contributed by atoms with Gasteiger partial charge in [-0.25, -0.2) is 19.9 Å². The van der Waals surface area contributed by atoms with Crippen molar-refractivity contribution in [1.29, 1.82) is 0 Å². The van der Waals surface area contributed by atoms with Gasteiger partial charge in [0.1, 0.15) is 0 Å². The molecule has 0 unspecified atom stereocenters. The summed E-state index contributed by atoms with van der Waals surface area (Å²) < 4.78 is 4.54. The second kappa shape index (κ2) is 16.2. The number of hydrogen-bond acceptors (Lipinski definition) is 6. The predicted molar refractivity (Wildman–Crippen MR) is 275 cm³/mol. The number of para-hydroxylation sites is 2. The van der Waals surface area contributed by atoms with E-state index in [1.807, 2.05) is 97.1 Å². The molecule has 13 rings (SSSR count). The van der Waals surface area contributed by atoms with E-state index in [-0.39, 0.29) is 0 Å². The van der Waals surface area contributed by atoms with Crippen molar-refractivity contribution in [3.8, 4) is 79.7 Å². The van der Waals surface area contributed by atoms with Gasteiger partial charge >= 0.3 is 0 Å². The van der Waals surface area contributed by atoms with E-state index in [1.165, 1.54) is 0 Å². The molecule has 68 heavy (non-hydrogen) atoms. The summed E-state index contributed by atoms with van der Waals surface area (Å²) in [5, 5.41) is 4.50. The molecule has 0 aliphatic carbocycles. The van der Waals surface area contributed by atoms with Crippen LogP contribution in [0.2, 0.25) is 0 Å². The van der Waals surface area contributed by atoms with Crippen LogP contribution in [0.5, 0.6) is 0 Å². The summed E-state index contributed by atoms with van der Waals surface area (Å²) in [4.78, 5) is 30.8. The van der Waals surface area contributed by atoms with Gasteiger partial charge in [0, 0.05) is 55.0 Å². The van der Waals surface area contributed by atoms with Gasteiger partial charge in [-0.2, -0.15) is 9.97 Å². The summed E-state index contributed by atoms with van der Waals surface area (Å²) >= 11 is 0. The van der Waals surface area contributed by atoms with E-state index in [2.05, 4.69) is 143 Å². The highest BCUT2D eigenvalue weighted by molar-refractivity contribution is 6.19. The predicted octanol–water partition coefficient (Wildman–Crippen LogP) is 14.3.